The SMILES string of the molecule is CCc1nc2sc3c(=O)n(N)cnc3c2c2c1CCCC2. The summed E-state index contributed by atoms with van der Waals surface area (Å²) in [5.74, 6) is 5.63. The molecule has 2 N–H and O–H groups in total. The molecule has 0 fully saturated rings. The summed E-state index contributed by atoms with van der Waals surface area (Å²) in [5.41, 5.74) is 4.50. The Kier molecular flexibility index (Phi) is 2.75. The summed E-state index contributed by atoms with van der Waals surface area (Å²) in [5, 5.41) is 1.08. The number of pyridine rings is 1. The van der Waals surface area contributed by atoms with Gasteiger partial charge in [-0.2, -0.15) is 0 Å². The maximum Gasteiger partial charge on any atom is 0.289 e. The smallest absolute Gasteiger partial charge is 0.289 e. The first-order valence-electron chi connectivity index (χ1n) is 7.30. The third-order valence-corrected chi connectivity index (χ3v) is 5.35. The van der Waals surface area contributed by atoms with Gasteiger partial charge < -0.3 is 5.84 Å². The van der Waals surface area contributed by atoms with Gasteiger partial charge in [-0.1, -0.05) is 6.92 Å². The number of fused-ring (bicyclic) bond motifs is 5. The predicted octanol–water partition coefficient (Wildman–Crippen LogP) is 2.16. The topological polar surface area (TPSA) is 73.8 Å². The zero-order valence-corrected chi connectivity index (χ0v) is 12.7. The molecule has 0 saturated heterocycles. The fraction of sp³-hybridized carbons (Fsp3) is 0.400. The van der Waals surface area contributed by atoms with E-state index < -0.39 is 0 Å². The average Bonchev–Trinajstić information content (AvgIpc) is 2.89. The van der Waals surface area contributed by atoms with Gasteiger partial charge in [0.1, 0.15) is 15.9 Å². The van der Waals surface area contributed by atoms with Crippen LogP contribution >= 0.6 is 11.3 Å². The largest absolute Gasteiger partial charge is 0.335 e. The van der Waals surface area contributed by atoms with Crippen molar-refractivity contribution in [2.24, 2.45) is 0 Å². The second-order valence-electron chi connectivity index (χ2n) is 5.49. The third kappa shape index (κ3) is 1.72. The molecule has 6 heteroatoms. The molecule has 0 saturated carbocycles. The van der Waals surface area contributed by atoms with Crippen LogP contribution in [0.2, 0.25) is 0 Å². The van der Waals surface area contributed by atoms with Crippen molar-refractivity contribution in [3.63, 3.8) is 0 Å². The molecule has 0 unspecified atom stereocenters. The van der Waals surface area contributed by atoms with Crippen LogP contribution in [0.1, 0.15) is 36.6 Å². The molecule has 4 rings (SSSR count). The molecule has 1 aliphatic rings. The van der Waals surface area contributed by atoms with E-state index in [2.05, 4.69) is 11.9 Å². The monoisotopic (exact) mass is 300 g/mol. The first kappa shape index (κ1) is 12.8. The first-order chi connectivity index (χ1) is 10.2. The summed E-state index contributed by atoms with van der Waals surface area (Å²) in [6.45, 7) is 2.14. The summed E-state index contributed by atoms with van der Waals surface area (Å²) in [6.07, 6.45) is 6.90. The zero-order valence-electron chi connectivity index (χ0n) is 11.8. The Morgan fingerprint density at radius 2 is 2.10 bits per heavy atom. The molecule has 3 aromatic rings. The molecule has 1 aliphatic carbocycles. The minimum Gasteiger partial charge on any atom is -0.335 e. The minimum atomic E-state index is -0.189. The van der Waals surface area contributed by atoms with Gasteiger partial charge in [0.15, 0.2) is 0 Å². The number of aryl methyl sites for hydroxylation is 2. The van der Waals surface area contributed by atoms with Crippen molar-refractivity contribution in [3.8, 4) is 0 Å². The maximum absolute atomic E-state index is 12.2. The van der Waals surface area contributed by atoms with E-state index in [0.717, 1.165) is 39.7 Å². The molecule has 0 bridgehead atoms. The lowest BCUT2D eigenvalue weighted by Crippen LogP contribution is -2.26. The highest BCUT2D eigenvalue weighted by atomic mass is 32.1. The number of hydrogen-bond donors (Lipinski definition) is 1. The van der Waals surface area contributed by atoms with Gasteiger partial charge in [-0.3, -0.25) is 4.79 Å². The van der Waals surface area contributed by atoms with Gasteiger partial charge in [-0.25, -0.2) is 14.6 Å². The van der Waals surface area contributed by atoms with Crippen LogP contribution in [0.15, 0.2) is 11.1 Å². The first-order valence-corrected chi connectivity index (χ1v) is 8.12. The summed E-state index contributed by atoms with van der Waals surface area (Å²) >= 11 is 1.42. The van der Waals surface area contributed by atoms with Crippen molar-refractivity contribution >= 4 is 31.8 Å². The van der Waals surface area contributed by atoms with E-state index in [1.807, 2.05) is 0 Å². The highest BCUT2D eigenvalue weighted by molar-refractivity contribution is 7.25. The number of nitrogens with two attached hydrogens (primary N) is 1. The average molecular weight is 300 g/mol. The second kappa shape index (κ2) is 4.53. The van der Waals surface area contributed by atoms with Crippen molar-refractivity contribution in [2.45, 2.75) is 39.0 Å². The van der Waals surface area contributed by atoms with Crippen LogP contribution in [0, 0.1) is 0 Å². The Morgan fingerprint density at radius 3 is 2.86 bits per heavy atom. The molecule has 0 spiro atoms. The van der Waals surface area contributed by atoms with Gasteiger partial charge >= 0.3 is 0 Å². The van der Waals surface area contributed by atoms with Gasteiger partial charge in [0.25, 0.3) is 5.56 Å². The molecular weight excluding hydrogens is 284 g/mol. The highest BCUT2D eigenvalue weighted by Gasteiger charge is 2.22. The number of aromatic nitrogens is 3. The Balaban J connectivity index is 2.21. The molecular formula is C15H16N4OS. The van der Waals surface area contributed by atoms with Gasteiger partial charge in [0, 0.05) is 11.1 Å². The van der Waals surface area contributed by atoms with Crippen molar-refractivity contribution < 1.29 is 0 Å². The van der Waals surface area contributed by atoms with E-state index in [4.69, 9.17) is 10.8 Å². The number of thiophene rings is 1. The molecule has 21 heavy (non-hydrogen) atoms. The van der Waals surface area contributed by atoms with E-state index in [1.54, 1.807) is 0 Å². The lowest BCUT2D eigenvalue weighted by atomic mass is 9.88. The van der Waals surface area contributed by atoms with Crippen LogP contribution < -0.4 is 11.4 Å². The Labute approximate surface area is 125 Å². The van der Waals surface area contributed by atoms with Crippen molar-refractivity contribution in [1.29, 1.82) is 0 Å². The lowest BCUT2D eigenvalue weighted by Gasteiger charge is -2.19. The number of hydrogen-bond acceptors (Lipinski definition) is 5. The maximum atomic E-state index is 12.2. The third-order valence-electron chi connectivity index (χ3n) is 4.29. The molecule has 3 aromatic heterocycles. The summed E-state index contributed by atoms with van der Waals surface area (Å²) < 4.78 is 1.66. The molecule has 3 heterocycles. The Morgan fingerprint density at radius 1 is 1.33 bits per heavy atom. The van der Waals surface area contributed by atoms with Crippen molar-refractivity contribution in [1.82, 2.24) is 14.6 Å². The second-order valence-corrected chi connectivity index (χ2v) is 6.49. The number of nitrogen functional groups attached to an aromatic ring is 1. The van der Waals surface area contributed by atoms with Crippen LogP contribution in [0.25, 0.3) is 20.4 Å². The van der Waals surface area contributed by atoms with Gasteiger partial charge in [0.2, 0.25) is 0 Å². The van der Waals surface area contributed by atoms with Gasteiger partial charge in [-0.15, -0.1) is 11.3 Å². The molecule has 0 atom stereocenters. The summed E-state index contributed by atoms with van der Waals surface area (Å²) in [7, 11) is 0. The van der Waals surface area contributed by atoms with Gasteiger partial charge in [0.05, 0.1) is 5.52 Å². The van der Waals surface area contributed by atoms with Crippen molar-refractivity contribution in [3.05, 3.63) is 33.5 Å². The highest BCUT2D eigenvalue weighted by Crippen LogP contribution is 2.37. The zero-order chi connectivity index (χ0) is 14.6. The summed E-state index contributed by atoms with van der Waals surface area (Å²) in [4.78, 5) is 22.3. The predicted molar refractivity (Wildman–Crippen MR) is 85.4 cm³/mol. The van der Waals surface area contributed by atoms with Crippen LogP contribution in [-0.4, -0.2) is 14.6 Å². The molecule has 5 nitrogen and oxygen atoms in total. The number of rotatable bonds is 1. The summed E-state index contributed by atoms with van der Waals surface area (Å²) in [6, 6.07) is 0. The van der Waals surface area contributed by atoms with Crippen LogP contribution in [0.3, 0.4) is 0 Å². The molecule has 0 amide bonds. The minimum absolute atomic E-state index is 0.189. The quantitative estimate of drug-likeness (QED) is 0.699. The van der Waals surface area contributed by atoms with E-state index >= 15 is 0 Å². The molecule has 0 radical (unpaired) electrons. The van der Waals surface area contributed by atoms with Gasteiger partial charge in [-0.05, 0) is 43.2 Å². The molecule has 0 aromatic carbocycles. The van der Waals surface area contributed by atoms with Crippen LogP contribution in [-0.2, 0) is 19.3 Å². The van der Waals surface area contributed by atoms with E-state index in [-0.39, 0.29) is 5.56 Å². The molecule has 0 aliphatic heterocycles. The van der Waals surface area contributed by atoms with Crippen LogP contribution in [0.5, 0.6) is 0 Å². The van der Waals surface area contributed by atoms with E-state index in [1.165, 1.54) is 47.3 Å². The Hall–Kier alpha value is -1.95. The van der Waals surface area contributed by atoms with Crippen molar-refractivity contribution in [2.75, 3.05) is 5.84 Å². The van der Waals surface area contributed by atoms with Crippen LogP contribution in [0.4, 0.5) is 0 Å². The van der Waals surface area contributed by atoms with E-state index in [9.17, 15) is 4.79 Å². The standard InChI is InChI=1S/C15H16N4OS/c1-2-10-8-5-3-4-6-9(8)11-12-13(21-14(11)18-10)15(20)19(16)7-17-12/h7H,2-6,16H2,1H3. The fourth-order valence-corrected chi connectivity index (χ4v) is 4.42. The normalized spacial score (nSPS) is 14.7. The fourth-order valence-electron chi connectivity index (χ4n) is 3.30. The van der Waals surface area contributed by atoms with E-state index in [0.29, 0.717) is 4.70 Å². The number of nitrogens with zero attached hydrogens (tertiary/aromatic N) is 3. The molecule has 108 valence electrons. The Bertz CT molecular complexity index is 925. The lowest BCUT2D eigenvalue weighted by molar-refractivity contribution is 0.679.